The first-order valence-corrected chi connectivity index (χ1v) is 6.71. The van der Waals surface area contributed by atoms with Gasteiger partial charge in [0, 0.05) is 23.0 Å². The molecule has 5 heteroatoms. The van der Waals surface area contributed by atoms with E-state index in [9.17, 15) is 9.90 Å². The lowest BCUT2D eigenvalue weighted by atomic mass is 10.1. The number of carbonyl (C=O) groups excluding carboxylic acids is 1. The van der Waals surface area contributed by atoms with Crippen LogP contribution in [0.2, 0.25) is 0 Å². The zero-order valence-corrected chi connectivity index (χ0v) is 10.7. The van der Waals surface area contributed by atoms with Gasteiger partial charge in [-0.25, -0.2) is 0 Å². The lowest BCUT2D eigenvalue weighted by molar-refractivity contribution is 0.0920. The molecule has 1 aliphatic rings. The summed E-state index contributed by atoms with van der Waals surface area (Å²) in [5.74, 6) is 0.117. The number of hydrogen-bond donors (Lipinski definition) is 3. The number of nitrogen functional groups attached to an aromatic ring is 1. The zero-order valence-electron chi connectivity index (χ0n) is 9.90. The van der Waals surface area contributed by atoms with Gasteiger partial charge in [0.25, 0.3) is 5.91 Å². The van der Waals surface area contributed by atoms with Crippen molar-refractivity contribution in [3.63, 3.8) is 0 Å². The van der Waals surface area contributed by atoms with E-state index in [0.29, 0.717) is 17.1 Å². The van der Waals surface area contributed by atoms with Gasteiger partial charge in [-0.2, -0.15) is 0 Å². The van der Waals surface area contributed by atoms with Crippen molar-refractivity contribution in [2.24, 2.45) is 5.92 Å². The number of aliphatic hydroxyl groups is 1. The fourth-order valence-corrected chi connectivity index (χ4v) is 3.03. The second kappa shape index (κ2) is 5.06. The van der Waals surface area contributed by atoms with Gasteiger partial charge in [0.1, 0.15) is 0 Å². The van der Waals surface area contributed by atoms with Crippen molar-refractivity contribution in [1.82, 2.24) is 5.32 Å². The molecule has 0 saturated heterocycles. The maximum atomic E-state index is 11.8. The van der Waals surface area contributed by atoms with Crippen molar-refractivity contribution < 1.29 is 9.90 Å². The van der Waals surface area contributed by atoms with E-state index in [1.165, 1.54) is 11.3 Å². The average molecular weight is 254 g/mol. The molecule has 1 fully saturated rings. The van der Waals surface area contributed by atoms with E-state index in [-0.39, 0.29) is 17.9 Å². The van der Waals surface area contributed by atoms with Gasteiger partial charge < -0.3 is 16.2 Å². The molecule has 1 amide bonds. The summed E-state index contributed by atoms with van der Waals surface area (Å²) in [7, 11) is 0. The molecule has 1 heterocycles. The van der Waals surface area contributed by atoms with Crippen LogP contribution in [-0.4, -0.2) is 23.7 Å². The van der Waals surface area contributed by atoms with E-state index in [4.69, 9.17) is 5.73 Å². The summed E-state index contributed by atoms with van der Waals surface area (Å²) < 4.78 is 0. The minimum absolute atomic E-state index is 0.0890. The van der Waals surface area contributed by atoms with Crippen LogP contribution in [0.3, 0.4) is 0 Å². The van der Waals surface area contributed by atoms with Crippen LogP contribution in [0.1, 0.15) is 33.8 Å². The normalized spacial score (nSPS) is 23.9. The maximum absolute atomic E-state index is 11.8. The van der Waals surface area contributed by atoms with Gasteiger partial charge in [0.2, 0.25) is 0 Å². The molecule has 0 aromatic carbocycles. The Morgan fingerprint density at radius 1 is 1.65 bits per heavy atom. The Balaban J connectivity index is 1.89. The highest BCUT2D eigenvalue weighted by Crippen LogP contribution is 2.26. The first-order chi connectivity index (χ1) is 8.08. The fourth-order valence-electron chi connectivity index (χ4n) is 2.17. The predicted molar refractivity (Wildman–Crippen MR) is 69.1 cm³/mol. The van der Waals surface area contributed by atoms with Crippen LogP contribution in [0.25, 0.3) is 0 Å². The number of aliphatic hydroxyl groups excluding tert-OH is 1. The van der Waals surface area contributed by atoms with Crippen molar-refractivity contribution >= 4 is 22.9 Å². The fraction of sp³-hybridized carbons (Fsp3) is 0.583. The molecule has 0 radical (unpaired) electrons. The molecule has 4 nitrogen and oxygen atoms in total. The largest absolute Gasteiger partial charge is 0.398 e. The summed E-state index contributed by atoms with van der Waals surface area (Å²) in [6.07, 6.45) is 2.64. The van der Waals surface area contributed by atoms with Gasteiger partial charge in [0.05, 0.1) is 11.0 Å². The third kappa shape index (κ3) is 2.79. The standard InChI is InChI=1S/C12H18N2O2S/c1-7-9(13)5-11(17-7)12(16)14-6-8-3-2-4-10(8)15/h5,8,10,15H,2-4,6,13H2,1H3,(H,14,16). The topological polar surface area (TPSA) is 75.3 Å². The Labute approximate surface area is 105 Å². The quantitative estimate of drug-likeness (QED) is 0.765. The van der Waals surface area contributed by atoms with Crippen LogP contribution in [0, 0.1) is 12.8 Å². The van der Waals surface area contributed by atoms with Crippen molar-refractivity contribution in [3.8, 4) is 0 Å². The Hall–Kier alpha value is -1.07. The van der Waals surface area contributed by atoms with E-state index in [2.05, 4.69) is 5.32 Å². The molecule has 1 aromatic rings. The molecule has 17 heavy (non-hydrogen) atoms. The Morgan fingerprint density at radius 3 is 2.94 bits per heavy atom. The third-order valence-corrected chi connectivity index (χ3v) is 4.39. The molecule has 0 aliphatic heterocycles. The number of thiophene rings is 1. The summed E-state index contributed by atoms with van der Waals surface area (Å²) >= 11 is 1.41. The van der Waals surface area contributed by atoms with Crippen molar-refractivity contribution in [2.45, 2.75) is 32.3 Å². The van der Waals surface area contributed by atoms with Crippen LogP contribution in [0.15, 0.2) is 6.07 Å². The molecule has 2 unspecified atom stereocenters. The number of rotatable bonds is 3. The number of anilines is 1. The van der Waals surface area contributed by atoms with E-state index in [0.717, 1.165) is 24.1 Å². The second-order valence-electron chi connectivity index (χ2n) is 4.59. The molecule has 1 saturated carbocycles. The number of carbonyl (C=O) groups is 1. The Bertz CT molecular complexity index is 397. The summed E-state index contributed by atoms with van der Waals surface area (Å²) in [5, 5.41) is 12.5. The number of amides is 1. The lowest BCUT2D eigenvalue weighted by Gasteiger charge is -2.14. The smallest absolute Gasteiger partial charge is 0.261 e. The molecule has 1 aromatic heterocycles. The van der Waals surface area contributed by atoms with Gasteiger partial charge in [-0.3, -0.25) is 4.79 Å². The highest BCUT2D eigenvalue weighted by atomic mass is 32.1. The van der Waals surface area contributed by atoms with E-state index >= 15 is 0 Å². The first-order valence-electron chi connectivity index (χ1n) is 5.90. The summed E-state index contributed by atoms with van der Waals surface area (Å²) in [6, 6.07) is 1.71. The summed E-state index contributed by atoms with van der Waals surface area (Å²) in [4.78, 5) is 13.5. The number of nitrogens with one attached hydrogen (secondary N) is 1. The van der Waals surface area contributed by atoms with Gasteiger partial charge in [0.15, 0.2) is 0 Å². The Morgan fingerprint density at radius 2 is 2.41 bits per heavy atom. The van der Waals surface area contributed by atoms with Crippen molar-refractivity contribution in [1.29, 1.82) is 0 Å². The Kier molecular flexibility index (Phi) is 3.69. The lowest BCUT2D eigenvalue weighted by Crippen LogP contribution is -2.32. The molecule has 1 aliphatic carbocycles. The van der Waals surface area contributed by atoms with Crippen LogP contribution in [0.5, 0.6) is 0 Å². The van der Waals surface area contributed by atoms with E-state index in [1.54, 1.807) is 6.07 Å². The van der Waals surface area contributed by atoms with Gasteiger partial charge >= 0.3 is 0 Å². The molecule has 2 rings (SSSR count). The van der Waals surface area contributed by atoms with Crippen molar-refractivity contribution in [2.75, 3.05) is 12.3 Å². The van der Waals surface area contributed by atoms with Gasteiger partial charge in [-0.05, 0) is 25.8 Å². The molecular formula is C12H18N2O2S. The minimum atomic E-state index is -0.259. The number of aryl methyl sites for hydroxylation is 1. The highest BCUT2D eigenvalue weighted by molar-refractivity contribution is 7.14. The second-order valence-corrected chi connectivity index (χ2v) is 5.85. The van der Waals surface area contributed by atoms with Crippen LogP contribution in [-0.2, 0) is 0 Å². The van der Waals surface area contributed by atoms with E-state index in [1.807, 2.05) is 6.92 Å². The van der Waals surface area contributed by atoms with Crippen LogP contribution < -0.4 is 11.1 Å². The molecule has 94 valence electrons. The monoisotopic (exact) mass is 254 g/mol. The zero-order chi connectivity index (χ0) is 12.4. The number of nitrogens with two attached hydrogens (primary N) is 1. The summed E-state index contributed by atoms with van der Waals surface area (Å²) in [5.41, 5.74) is 6.38. The molecule has 0 bridgehead atoms. The predicted octanol–water partition coefficient (Wildman–Crippen LogP) is 1.53. The SMILES string of the molecule is Cc1sc(C(=O)NCC2CCCC2O)cc1N. The first kappa shape index (κ1) is 12.4. The third-order valence-electron chi connectivity index (χ3n) is 3.32. The average Bonchev–Trinajstić information content (AvgIpc) is 2.83. The minimum Gasteiger partial charge on any atom is -0.398 e. The molecular weight excluding hydrogens is 236 g/mol. The van der Waals surface area contributed by atoms with Crippen LogP contribution in [0.4, 0.5) is 5.69 Å². The van der Waals surface area contributed by atoms with Crippen molar-refractivity contribution in [3.05, 3.63) is 15.8 Å². The maximum Gasteiger partial charge on any atom is 0.261 e. The van der Waals surface area contributed by atoms with Crippen LogP contribution >= 0.6 is 11.3 Å². The molecule has 4 N–H and O–H groups in total. The summed E-state index contributed by atoms with van der Waals surface area (Å²) in [6.45, 7) is 2.45. The van der Waals surface area contributed by atoms with E-state index < -0.39 is 0 Å². The van der Waals surface area contributed by atoms with Gasteiger partial charge in [-0.1, -0.05) is 6.42 Å². The molecule has 0 spiro atoms. The highest BCUT2D eigenvalue weighted by Gasteiger charge is 2.25. The van der Waals surface area contributed by atoms with Gasteiger partial charge in [-0.15, -0.1) is 11.3 Å². The number of hydrogen-bond acceptors (Lipinski definition) is 4. The molecule has 2 atom stereocenters.